The second-order valence-electron chi connectivity index (χ2n) is 6.40. The molecule has 1 aliphatic carbocycles. The van der Waals surface area contributed by atoms with E-state index in [4.69, 9.17) is 0 Å². The topological polar surface area (TPSA) is 0 Å². The van der Waals surface area contributed by atoms with Crippen molar-refractivity contribution in [2.75, 3.05) is 0 Å². The molecular formula is C19H16F6. The smallest absolute Gasteiger partial charge is 0.171 e. The van der Waals surface area contributed by atoms with Gasteiger partial charge in [0.15, 0.2) is 0 Å². The molecule has 0 heterocycles. The summed E-state index contributed by atoms with van der Waals surface area (Å²) in [5, 5.41) is 0. The molecule has 2 aromatic rings. The molecule has 1 aliphatic rings. The standard InChI is InChI=1S/C19H16F6/c20-18(21,22)11-9-17(10-12-19(23,24)25)15-7-3-1-5-13(15)14-6-2-4-8-16(14)17/h1-8H,9-12H2. The lowest BCUT2D eigenvalue weighted by Crippen LogP contribution is -2.29. The summed E-state index contributed by atoms with van der Waals surface area (Å²) in [5.41, 5.74) is 1.30. The number of benzene rings is 2. The molecule has 25 heavy (non-hydrogen) atoms. The fraction of sp³-hybridized carbons (Fsp3) is 0.368. The minimum atomic E-state index is -4.42. The minimum Gasteiger partial charge on any atom is -0.171 e. The van der Waals surface area contributed by atoms with Gasteiger partial charge in [0, 0.05) is 18.3 Å². The maximum atomic E-state index is 12.9. The molecule has 2 aromatic carbocycles. The number of halogens is 6. The van der Waals surface area contributed by atoms with Gasteiger partial charge < -0.3 is 0 Å². The Bertz CT molecular complexity index is 691. The Balaban J connectivity index is 2.12. The average Bonchev–Trinajstić information content (AvgIpc) is 2.81. The van der Waals surface area contributed by atoms with E-state index in [0.29, 0.717) is 11.1 Å². The zero-order chi connectivity index (χ0) is 18.3. The molecule has 6 heteroatoms. The van der Waals surface area contributed by atoms with E-state index in [0.717, 1.165) is 11.1 Å². The summed E-state index contributed by atoms with van der Waals surface area (Å²) >= 11 is 0. The van der Waals surface area contributed by atoms with Gasteiger partial charge in [-0.25, -0.2) is 0 Å². The molecule has 134 valence electrons. The number of fused-ring (bicyclic) bond motifs is 3. The predicted molar refractivity (Wildman–Crippen MR) is 83.2 cm³/mol. The van der Waals surface area contributed by atoms with Crippen LogP contribution in [-0.4, -0.2) is 12.4 Å². The molecule has 0 aromatic heterocycles. The molecule has 0 nitrogen and oxygen atoms in total. The fourth-order valence-electron chi connectivity index (χ4n) is 3.79. The quantitative estimate of drug-likeness (QED) is 0.538. The second kappa shape index (κ2) is 6.07. The number of rotatable bonds is 4. The van der Waals surface area contributed by atoms with Crippen molar-refractivity contribution >= 4 is 0 Å². The first-order valence-corrected chi connectivity index (χ1v) is 7.95. The molecule has 0 radical (unpaired) electrons. The third-order valence-corrected chi connectivity index (χ3v) is 4.85. The zero-order valence-electron chi connectivity index (χ0n) is 13.2. The van der Waals surface area contributed by atoms with E-state index in [1.54, 1.807) is 48.5 Å². The Labute approximate surface area is 141 Å². The van der Waals surface area contributed by atoms with E-state index in [9.17, 15) is 26.3 Å². The van der Waals surface area contributed by atoms with Crippen LogP contribution in [0.2, 0.25) is 0 Å². The highest BCUT2D eigenvalue weighted by Gasteiger charge is 2.46. The largest absolute Gasteiger partial charge is 0.389 e. The van der Waals surface area contributed by atoms with E-state index in [-0.39, 0.29) is 12.8 Å². The van der Waals surface area contributed by atoms with E-state index >= 15 is 0 Å². The fourth-order valence-corrected chi connectivity index (χ4v) is 3.79. The van der Waals surface area contributed by atoms with Crippen LogP contribution in [0.3, 0.4) is 0 Å². The van der Waals surface area contributed by atoms with Gasteiger partial charge in [0.25, 0.3) is 0 Å². The van der Waals surface area contributed by atoms with Crippen molar-refractivity contribution in [3.8, 4) is 11.1 Å². The van der Waals surface area contributed by atoms with Crippen LogP contribution in [0.15, 0.2) is 48.5 Å². The summed E-state index contributed by atoms with van der Waals surface area (Å²) in [6.07, 6.45) is -11.8. The molecule has 0 N–H and O–H groups in total. The molecule has 0 saturated carbocycles. The van der Waals surface area contributed by atoms with Crippen molar-refractivity contribution in [2.45, 2.75) is 43.5 Å². The summed E-state index contributed by atoms with van der Waals surface area (Å²) in [7, 11) is 0. The number of alkyl halides is 6. The van der Waals surface area contributed by atoms with Gasteiger partial charge in [-0.1, -0.05) is 48.5 Å². The molecule has 0 saturated heterocycles. The highest BCUT2D eigenvalue weighted by Crippen LogP contribution is 2.55. The normalized spacial score (nSPS) is 15.8. The Morgan fingerprint density at radius 2 is 0.960 bits per heavy atom. The van der Waals surface area contributed by atoms with E-state index < -0.39 is 30.6 Å². The third-order valence-electron chi connectivity index (χ3n) is 4.85. The summed E-state index contributed by atoms with van der Waals surface area (Å²) in [4.78, 5) is 0. The Morgan fingerprint density at radius 3 is 1.32 bits per heavy atom. The first kappa shape index (κ1) is 17.8. The van der Waals surface area contributed by atoms with Crippen LogP contribution in [0, 0.1) is 0 Å². The maximum Gasteiger partial charge on any atom is 0.389 e. The van der Waals surface area contributed by atoms with Gasteiger partial charge in [0.1, 0.15) is 0 Å². The summed E-state index contributed by atoms with van der Waals surface area (Å²) in [6, 6.07) is 13.7. The Hall–Kier alpha value is -1.98. The van der Waals surface area contributed by atoms with E-state index in [1.807, 2.05) is 0 Å². The Morgan fingerprint density at radius 1 is 0.600 bits per heavy atom. The molecule has 0 spiro atoms. The van der Waals surface area contributed by atoms with Crippen molar-refractivity contribution in [1.29, 1.82) is 0 Å². The Kier molecular flexibility index (Phi) is 4.33. The molecule has 0 atom stereocenters. The maximum absolute atomic E-state index is 12.9. The molecular weight excluding hydrogens is 342 g/mol. The van der Waals surface area contributed by atoms with Crippen LogP contribution in [0.4, 0.5) is 26.3 Å². The highest BCUT2D eigenvalue weighted by atomic mass is 19.4. The summed E-state index contributed by atoms with van der Waals surface area (Å²) < 4.78 is 77.3. The van der Waals surface area contributed by atoms with Gasteiger partial charge in [0.2, 0.25) is 0 Å². The third kappa shape index (κ3) is 3.53. The second-order valence-corrected chi connectivity index (χ2v) is 6.40. The minimum absolute atomic E-state index is 0.388. The molecule has 0 fully saturated rings. The highest BCUT2D eigenvalue weighted by molar-refractivity contribution is 5.80. The van der Waals surface area contributed by atoms with Crippen molar-refractivity contribution in [1.82, 2.24) is 0 Å². The molecule has 0 unspecified atom stereocenters. The molecule has 3 rings (SSSR count). The van der Waals surface area contributed by atoms with Crippen LogP contribution in [0.25, 0.3) is 11.1 Å². The number of hydrogen-bond donors (Lipinski definition) is 0. The van der Waals surface area contributed by atoms with Crippen LogP contribution >= 0.6 is 0 Å². The van der Waals surface area contributed by atoms with Crippen molar-refractivity contribution < 1.29 is 26.3 Å². The van der Waals surface area contributed by atoms with Gasteiger partial charge >= 0.3 is 12.4 Å². The SMILES string of the molecule is FC(F)(F)CCC1(CCC(F)(F)F)c2ccccc2-c2ccccc21. The van der Waals surface area contributed by atoms with Crippen LogP contribution in [0.5, 0.6) is 0 Å². The van der Waals surface area contributed by atoms with Crippen LogP contribution in [0.1, 0.15) is 36.8 Å². The van der Waals surface area contributed by atoms with Gasteiger partial charge in [-0.3, -0.25) is 0 Å². The molecule has 0 bridgehead atoms. The van der Waals surface area contributed by atoms with Gasteiger partial charge in [-0.15, -0.1) is 0 Å². The van der Waals surface area contributed by atoms with E-state index in [2.05, 4.69) is 0 Å². The number of hydrogen-bond acceptors (Lipinski definition) is 0. The van der Waals surface area contributed by atoms with Crippen molar-refractivity contribution in [3.63, 3.8) is 0 Å². The lowest BCUT2D eigenvalue weighted by atomic mass is 9.71. The summed E-state index contributed by atoms with van der Waals surface area (Å²) in [5.74, 6) is 0. The lowest BCUT2D eigenvalue weighted by Gasteiger charge is -2.33. The van der Waals surface area contributed by atoms with Gasteiger partial charge in [-0.05, 0) is 35.1 Å². The molecule has 0 amide bonds. The zero-order valence-corrected chi connectivity index (χ0v) is 13.2. The lowest BCUT2D eigenvalue weighted by molar-refractivity contribution is -0.143. The van der Waals surface area contributed by atoms with Gasteiger partial charge in [-0.2, -0.15) is 26.3 Å². The molecule has 0 aliphatic heterocycles. The van der Waals surface area contributed by atoms with Crippen LogP contribution in [-0.2, 0) is 5.41 Å². The van der Waals surface area contributed by atoms with Gasteiger partial charge in [0.05, 0.1) is 0 Å². The first-order valence-electron chi connectivity index (χ1n) is 7.95. The first-order chi connectivity index (χ1) is 11.6. The summed E-state index contributed by atoms with van der Waals surface area (Å²) in [6.45, 7) is 0. The predicted octanol–water partition coefficient (Wildman–Crippen LogP) is 6.64. The average molecular weight is 358 g/mol. The monoisotopic (exact) mass is 358 g/mol. The van der Waals surface area contributed by atoms with Crippen molar-refractivity contribution in [2.24, 2.45) is 0 Å². The van der Waals surface area contributed by atoms with E-state index in [1.165, 1.54) is 0 Å². The van der Waals surface area contributed by atoms with Crippen LogP contribution < -0.4 is 0 Å². The van der Waals surface area contributed by atoms with Crippen molar-refractivity contribution in [3.05, 3.63) is 59.7 Å².